The molecule has 0 aliphatic heterocycles. The molecule has 0 aliphatic rings. The third-order valence-corrected chi connectivity index (χ3v) is 3.86. The molecule has 8 heteroatoms. The maximum absolute atomic E-state index is 13.2. The van der Waals surface area contributed by atoms with Crippen molar-refractivity contribution >= 4 is 15.7 Å². The van der Waals surface area contributed by atoms with E-state index in [0.29, 0.717) is 11.1 Å². The normalized spacial score (nSPS) is 11.5. The summed E-state index contributed by atoms with van der Waals surface area (Å²) in [7, 11) is -3.86. The summed E-state index contributed by atoms with van der Waals surface area (Å²) >= 11 is 0. The predicted molar refractivity (Wildman–Crippen MR) is 68.4 cm³/mol. The lowest BCUT2D eigenvalue weighted by Crippen LogP contribution is -2.16. The minimum absolute atomic E-state index is 0.0366. The van der Waals surface area contributed by atoms with Gasteiger partial charge in [0, 0.05) is 12.1 Å². The second-order valence-corrected chi connectivity index (χ2v) is 5.67. The van der Waals surface area contributed by atoms with Gasteiger partial charge >= 0.3 is 0 Å². The van der Waals surface area contributed by atoms with Gasteiger partial charge in [0.05, 0.1) is 11.9 Å². The van der Waals surface area contributed by atoms with Crippen LogP contribution in [0, 0.1) is 12.7 Å². The van der Waals surface area contributed by atoms with Crippen LogP contribution < -0.4 is 10.5 Å². The van der Waals surface area contributed by atoms with Gasteiger partial charge in [-0.2, -0.15) is 13.5 Å². The van der Waals surface area contributed by atoms with E-state index < -0.39 is 15.8 Å². The van der Waals surface area contributed by atoms with Crippen LogP contribution >= 0.6 is 0 Å². The molecule has 0 saturated carbocycles. The number of H-pyrrole nitrogens is 1. The SMILES string of the molecule is Cc1cc(F)cc(NS(=O)(=O)c2[nH]ncc2CN)c1. The number of aromatic amines is 1. The topological polar surface area (TPSA) is 101 Å². The van der Waals surface area contributed by atoms with Gasteiger partial charge in [-0.05, 0) is 30.7 Å². The zero-order valence-corrected chi connectivity index (χ0v) is 11.0. The van der Waals surface area contributed by atoms with Crippen molar-refractivity contribution in [3.05, 3.63) is 41.3 Å². The number of benzene rings is 1. The molecule has 2 rings (SSSR count). The van der Waals surface area contributed by atoms with E-state index >= 15 is 0 Å². The van der Waals surface area contributed by atoms with Crippen molar-refractivity contribution in [2.75, 3.05) is 4.72 Å². The van der Waals surface area contributed by atoms with E-state index in [1.165, 1.54) is 18.3 Å². The number of nitrogens with two attached hydrogens (primary N) is 1. The largest absolute Gasteiger partial charge is 0.326 e. The fourth-order valence-corrected chi connectivity index (χ4v) is 2.86. The Morgan fingerprint density at radius 3 is 2.79 bits per heavy atom. The van der Waals surface area contributed by atoms with Gasteiger partial charge in [0.1, 0.15) is 5.82 Å². The summed E-state index contributed by atoms with van der Waals surface area (Å²) in [6, 6.07) is 3.93. The number of hydrogen-bond donors (Lipinski definition) is 3. The number of aromatic nitrogens is 2. The van der Waals surface area contributed by atoms with Crippen molar-refractivity contribution in [2.45, 2.75) is 18.5 Å². The lowest BCUT2D eigenvalue weighted by Gasteiger charge is -2.08. The Hall–Kier alpha value is -1.93. The molecule has 102 valence electrons. The Bertz CT molecular complexity index is 676. The molecule has 0 spiro atoms. The summed E-state index contributed by atoms with van der Waals surface area (Å²) in [6.45, 7) is 1.71. The van der Waals surface area contributed by atoms with Gasteiger partial charge in [0.25, 0.3) is 10.0 Å². The molecule has 0 amide bonds. The van der Waals surface area contributed by atoms with Gasteiger partial charge in [-0.1, -0.05) is 0 Å². The van der Waals surface area contributed by atoms with Gasteiger partial charge in [-0.3, -0.25) is 9.82 Å². The van der Waals surface area contributed by atoms with E-state index in [1.807, 2.05) is 0 Å². The van der Waals surface area contributed by atoms with Gasteiger partial charge in [0.2, 0.25) is 0 Å². The molecule has 0 atom stereocenters. The van der Waals surface area contributed by atoms with E-state index in [1.54, 1.807) is 6.92 Å². The van der Waals surface area contributed by atoms with Crippen molar-refractivity contribution in [2.24, 2.45) is 5.73 Å². The Morgan fingerprint density at radius 2 is 2.16 bits per heavy atom. The van der Waals surface area contributed by atoms with Crippen LogP contribution in [0.5, 0.6) is 0 Å². The van der Waals surface area contributed by atoms with E-state index in [0.717, 1.165) is 6.07 Å². The number of halogens is 1. The number of anilines is 1. The number of nitrogens with zero attached hydrogens (tertiary/aromatic N) is 1. The highest BCUT2D eigenvalue weighted by molar-refractivity contribution is 7.92. The number of nitrogens with one attached hydrogen (secondary N) is 2. The summed E-state index contributed by atoms with van der Waals surface area (Å²) in [5, 5.41) is 5.90. The standard InChI is InChI=1S/C11H13FN4O2S/c1-7-2-9(12)4-10(3-7)16-19(17,18)11-8(5-13)6-14-15-11/h2-4,6,16H,5,13H2,1H3,(H,14,15). The molecular formula is C11H13FN4O2S. The van der Waals surface area contributed by atoms with E-state index in [-0.39, 0.29) is 17.3 Å². The van der Waals surface area contributed by atoms with Crippen LogP contribution in [-0.4, -0.2) is 18.6 Å². The fourth-order valence-electron chi connectivity index (χ4n) is 1.68. The van der Waals surface area contributed by atoms with E-state index in [4.69, 9.17) is 5.73 Å². The minimum Gasteiger partial charge on any atom is -0.326 e. The summed E-state index contributed by atoms with van der Waals surface area (Å²) in [4.78, 5) is 0. The second kappa shape index (κ2) is 4.98. The number of hydrogen-bond acceptors (Lipinski definition) is 4. The van der Waals surface area contributed by atoms with Crippen LogP contribution in [0.2, 0.25) is 0 Å². The quantitative estimate of drug-likeness (QED) is 0.783. The van der Waals surface area contributed by atoms with Gasteiger partial charge in [0.15, 0.2) is 5.03 Å². The van der Waals surface area contributed by atoms with Crippen LogP contribution in [-0.2, 0) is 16.6 Å². The molecule has 0 radical (unpaired) electrons. The maximum atomic E-state index is 13.2. The van der Waals surface area contributed by atoms with Crippen LogP contribution in [0.3, 0.4) is 0 Å². The Morgan fingerprint density at radius 1 is 1.42 bits per heavy atom. The van der Waals surface area contributed by atoms with Gasteiger partial charge in [-0.15, -0.1) is 0 Å². The highest BCUT2D eigenvalue weighted by Crippen LogP contribution is 2.19. The number of sulfonamides is 1. The smallest absolute Gasteiger partial charge is 0.279 e. The Balaban J connectivity index is 2.36. The molecule has 1 heterocycles. The fraction of sp³-hybridized carbons (Fsp3) is 0.182. The summed E-state index contributed by atoms with van der Waals surface area (Å²) in [5.74, 6) is -0.513. The van der Waals surface area contributed by atoms with Gasteiger partial charge < -0.3 is 5.73 Å². The Labute approximate surface area is 109 Å². The molecular weight excluding hydrogens is 271 g/mol. The van der Waals surface area contributed by atoms with Crippen molar-refractivity contribution in [3.63, 3.8) is 0 Å². The molecule has 4 N–H and O–H groups in total. The maximum Gasteiger partial charge on any atom is 0.279 e. The molecule has 6 nitrogen and oxygen atoms in total. The third kappa shape index (κ3) is 2.91. The summed E-state index contributed by atoms with van der Waals surface area (Å²) < 4.78 is 39.7. The first-order chi connectivity index (χ1) is 8.92. The minimum atomic E-state index is -3.86. The molecule has 2 aromatic rings. The van der Waals surface area contributed by atoms with E-state index in [2.05, 4.69) is 14.9 Å². The van der Waals surface area contributed by atoms with Crippen LogP contribution in [0.1, 0.15) is 11.1 Å². The molecule has 1 aromatic carbocycles. The average Bonchev–Trinajstić information content (AvgIpc) is 2.75. The molecule has 0 unspecified atom stereocenters. The monoisotopic (exact) mass is 284 g/mol. The van der Waals surface area contributed by atoms with Gasteiger partial charge in [-0.25, -0.2) is 4.39 Å². The molecule has 1 aromatic heterocycles. The molecule has 0 fully saturated rings. The summed E-state index contributed by atoms with van der Waals surface area (Å²) in [5.41, 5.74) is 6.54. The first kappa shape index (κ1) is 13.5. The lowest BCUT2D eigenvalue weighted by atomic mass is 10.2. The highest BCUT2D eigenvalue weighted by Gasteiger charge is 2.20. The van der Waals surface area contributed by atoms with Crippen LogP contribution in [0.4, 0.5) is 10.1 Å². The number of rotatable bonds is 4. The molecule has 19 heavy (non-hydrogen) atoms. The average molecular weight is 284 g/mol. The van der Waals surface area contributed by atoms with Crippen molar-refractivity contribution in [1.82, 2.24) is 10.2 Å². The van der Waals surface area contributed by atoms with Crippen LogP contribution in [0.25, 0.3) is 0 Å². The Kier molecular flexibility index (Phi) is 3.54. The second-order valence-electron chi connectivity index (χ2n) is 4.05. The summed E-state index contributed by atoms with van der Waals surface area (Å²) in [6.07, 6.45) is 1.34. The van der Waals surface area contributed by atoms with E-state index in [9.17, 15) is 12.8 Å². The molecule has 0 bridgehead atoms. The predicted octanol–water partition coefficient (Wildman–Crippen LogP) is 1.12. The first-order valence-corrected chi connectivity index (χ1v) is 6.93. The zero-order chi connectivity index (χ0) is 14.0. The molecule has 0 saturated heterocycles. The third-order valence-electron chi connectivity index (χ3n) is 2.46. The molecule has 0 aliphatic carbocycles. The lowest BCUT2D eigenvalue weighted by molar-refractivity contribution is 0.595. The van der Waals surface area contributed by atoms with Crippen molar-refractivity contribution in [3.8, 4) is 0 Å². The number of aryl methyl sites for hydroxylation is 1. The van der Waals surface area contributed by atoms with Crippen LogP contribution in [0.15, 0.2) is 29.4 Å². The van der Waals surface area contributed by atoms with Crippen molar-refractivity contribution < 1.29 is 12.8 Å². The van der Waals surface area contributed by atoms with Crippen molar-refractivity contribution in [1.29, 1.82) is 0 Å². The highest BCUT2D eigenvalue weighted by atomic mass is 32.2. The zero-order valence-electron chi connectivity index (χ0n) is 10.1. The first-order valence-electron chi connectivity index (χ1n) is 5.44.